The quantitative estimate of drug-likeness (QED) is 0.328. The zero-order chi connectivity index (χ0) is 20.9. The van der Waals surface area contributed by atoms with Crippen molar-refractivity contribution in [2.45, 2.75) is 26.6 Å². The molecule has 0 bridgehead atoms. The normalized spacial score (nSPS) is 11.0. The second-order valence-electron chi connectivity index (χ2n) is 7.39. The summed E-state index contributed by atoms with van der Waals surface area (Å²) < 4.78 is 6.20. The molecule has 1 N–H and O–H groups in total. The van der Waals surface area contributed by atoms with Gasteiger partial charge in [0.1, 0.15) is 12.4 Å². The summed E-state index contributed by atoms with van der Waals surface area (Å²) in [5.41, 5.74) is 4.67. The van der Waals surface area contributed by atoms with Crippen LogP contribution >= 0.6 is 23.2 Å². The highest BCUT2D eigenvalue weighted by Crippen LogP contribution is 2.30. The molecule has 4 aromatic carbocycles. The first-order chi connectivity index (χ1) is 14.6. The van der Waals surface area contributed by atoms with E-state index in [0.717, 1.165) is 23.4 Å². The molecule has 0 amide bonds. The Balaban J connectivity index is 1.54. The van der Waals surface area contributed by atoms with Crippen molar-refractivity contribution in [1.29, 1.82) is 0 Å². The summed E-state index contributed by atoms with van der Waals surface area (Å²) in [7, 11) is 0. The van der Waals surface area contributed by atoms with Gasteiger partial charge in [0.15, 0.2) is 0 Å². The van der Waals surface area contributed by atoms with E-state index in [-0.39, 0.29) is 0 Å². The Morgan fingerprint density at radius 3 is 2.33 bits per heavy atom. The highest BCUT2D eigenvalue weighted by atomic mass is 35.5. The summed E-state index contributed by atoms with van der Waals surface area (Å²) >= 11 is 12.2. The second kappa shape index (κ2) is 9.53. The SMILES string of the molecule is Cc1ccc(CNCc2c(OCc3ccc(Cl)c(Cl)c3)ccc3ccccc23)cc1. The van der Waals surface area contributed by atoms with Crippen molar-refractivity contribution in [2.75, 3.05) is 0 Å². The first-order valence-electron chi connectivity index (χ1n) is 9.94. The summed E-state index contributed by atoms with van der Waals surface area (Å²) in [6.45, 7) is 4.05. The van der Waals surface area contributed by atoms with Crippen LogP contribution in [-0.4, -0.2) is 0 Å². The Hall–Kier alpha value is -2.52. The van der Waals surface area contributed by atoms with Gasteiger partial charge in [-0.1, -0.05) is 89.4 Å². The van der Waals surface area contributed by atoms with Crippen LogP contribution in [0.3, 0.4) is 0 Å². The van der Waals surface area contributed by atoms with E-state index < -0.39 is 0 Å². The van der Waals surface area contributed by atoms with Gasteiger partial charge in [-0.15, -0.1) is 0 Å². The largest absolute Gasteiger partial charge is 0.489 e. The van der Waals surface area contributed by atoms with E-state index in [1.54, 1.807) is 6.07 Å². The van der Waals surface area contributed by atoms with Crippen LogP contribution in [0.15, 0.2) is 78.9 Å². The highest BCUT2D eigenvalue weighted by molar-refractivity contribution is 6.42. The van der Waals surface area contributed by atoms with Gasteiger partial charge in [0.2, 0.25) is 0 Å². The fourth-order valence-corrected chi connectivity index (χ4v) is 3.78. The van der Waals surface area contributed by atoms with Crippen molar-refractivity contribution in [1.82, 2.24) is 5.32 Å². The van der Waals surface area contributed by atoms with E-state index in [1.807, 2.05) is 18.2 Å². The topological polar surface area (TPSA) is 21.3 Å². The lowest BCUT2D eigenvalue weighted by Gasteiger charge is -2.16. The molecule has 30 heavy (non-hydrogen) atoms. The number of benzene rings is 4. The van der Waals surface area contributed by atoms with Gasteiger partial charge in [-0.25, -0.2) is 0 Å². The molecule has 0 heterocycles. The zero-order valence-electron chi connectivity index (χ0n) is 16.8. The average Bonchev–Trinajstić information content (AvgIpc) is 2.76. The van der Waals surface area contributed by atoms with Gasteiger partial charge in [-0.2, -0.15) is 0 Å². The highest BCUT2D eigenvalue weighted by Gasteiger charge is 2.10. The van der Waals surface area contributed by atoms with Crippen LogP contribution in [0, 0.1) is 6.92 Å². The summed E-state index contributed by atoms with van der Waals surface area (Å²) in [4.78, 5) is 0. The van der Waals surface area contributed by atoms with Crippen LogP contribution in [0.2, 0.25) is 10.0 Å². The van der Waals surface area contributed by atoms with Crippen LogP contribution in [0.4, 0.5) is 0 Å². The Kier molecular flexibility index (Phi) is 6.59. The lowest BCUT2D eigenvalue weighted by Crippen LogP contribution is -2.14. The number of rotatable bonds is 7. The maximum absolute atomic E-state index is 6.20. The predicted molar refractivity (Wildman–Crippen MR) is 126 cm³/mol. The third-order valence-electron chi connectivity index (χ3n) is 5.13. The summed E-state index contributed by atoms with van der Waals surface area (Å²) in [5, 5.41) is 7.05. The second-order valence-corrected chi connectivity index (χ2v) is 8.20. The Bertz CT molecular complexity index is 1160. The van der Waals surface area contributed by atoms with E-state index in [9.17, 15) is 0 Å². The number of halogens is 2. The molecule has 0 aliphatic rings. The Morgan fingerprint density at radius 1 is 0.767 bits per heavy atom. The van der Waals surface area contributed by atoms with E-state index in [0.29, 0.717) is 23.2 Å². The van der Waals surface area contributed by atoms with Crippen LogP contribution in [0.5, 0.6) is 5.75 Å². The number of aryl methyl sites for hydroxylation is 1. The van der Waals surface area contributed by atoms with Crippen molar-refractivity contribution < 1.29 is 4.74 Å². The number of fused-ring (bicyclic) bond motifs is 1. The first-order valence-corrected chi connectivity index (χ1v) is 10.7. The van der Waals surface area contributed by atoms with Gasteiger partial charge in [0, 0.05) is 18.7 Å². The molecule has 0 aromatic heterocycles. The fourth-order valence-electron chi connectivity index (χ4n) is 3.46. The van der Waals surface area contributed by atoms with Gasteiger partial charge >= 0.3 is 0 Å². The lowest BCUT2D eigenvalue weighted by atomic mass is 10.0. The van der Waals surface area contributed by atoms with Crippen LogP contribution in [0.25, 0.3) is 10.8 Å². The molecule has 0 spiro atoms. The van der Waals surface area contributed by atoms with Gasteiger partial charge in [0.25, 0.3) is 0 Å². The molecule has 0 aliphatic heterocycles. The molecule has 4 rings (SSSR count). The fraction of sp³-hybridized carbons (Fsp3) is 0.154. The van der Waals surface area contributed by atoms with E-state index >= 15 is 0 Å². The van der Waals surface area contributed by atoms with Crippen molar-refractivity contribution in [3.05, 3.63) is 111 Å². The average molecular weight is 436 g/mol. The minimum absolute atomic E-state index is 0.431. The standard InChI is InChI=1S/C26H23Cl2NO/c1-18-6-8-19(9-7-18)15-29-16-23-22-5-3-2-4-21(22)11-13-26(23)30-17-20-10-12-24(27)25(28)14-20/h2-14,29H,15-17H2,1H3. The third kappa shape index (κ3) is 4.96. The van der Waals surface area contributed by atoms with Crippen molar-refractivity contribution >= 4 is 34.0 Å². The lowest BCUT2D eigenvalue weighted by molar-refractivity contribution is 0.302. The van der Waals surface area contributed by atoms with Gasteiger partial charge < -0.3 is 10.1 Å². The number of ether oxygens (including phenoxy) is 1. The van der Waals surface area contributed by atoms with Crippen molar-refractivity contribution in [3.8, 4) is 5.75 Å². The summed E-state index contributed by atoms with van der Waals surface area (Å²) in [6.07, 6.45) is 0. The van der Waals surface area contributed by atoms with E-state index in [4.69, 9.17) is 27.9 Å². The van der Waals surface area contributed by atoms with Gasteiger partial charge in [-0.05, 0) is 47.0 Å². The molecular formula is C26H23Cl2NO. The minimum Gasteiger partial charge on any atom is -0.489 e. The molecule has 152 valence electrons. The molecule has 0 atom stereocenters. The predicted octanol–water partition coefficient (Wildman–Crippen LogP) is 7.32. The number of hydrogen-bond acceptors (Lipinski definition) is 2. The molecule has 4 aromatic rings. The molecular weight excluding hydrogens is 413 g/mol. The molecule has 0 fully saturated rings. The smallest absolute Gasteiger partial charge is 0.124 e. The van der Waals surface area contributed by atoms with Crippen molar-refractivity contribution in [3.63, 3.8) is 0 Å². The molecule has 2 nitrogen and oxygen atoms in total. The van der Waals surface area contributed by atoms with Crippen LogP contribution < -0.4 is 10.1 Å². The zero-order valence-corrected chi connectivity index (χ0v) is 18.3. The molecule has 0 saturated heterocycles. The maximum atomic E-state index is 6.20. The van der Waals surface area contributed by atoms with Crippen molar-refractivity contribution in [2.24, 2.45) is 0 Å². The van der Waals surface area contributed by atoms with Crippen LogP contribution in [-0.2, 0) is 19.7 Å². The van der Waals surface area contributed by atoms with E-state index in [1.165, 1.54) is 21.9 Å². The molecule has 0 unspecified atom stereocenters. The maximum Gasteiger partial charge on any atom is 0.124 e. The van der Waals surface area contributed by atoms with Gasteiger partial charge in [-0.3, -0.25) is 0 Å². The minimum atomic E-state index is 0.431. The number of nitrogens with one attached hydrogen (secondary N) is 1. The summed E-state index contributed by atoms with van der Waals surface area (Å²) in [5.74, 6) is 0.871. The van der Waals surface area contributed by atoms with Gasteiger partial charge in [0.05, 0.1) is 10.0 Å². The number of hydrogen-bond donors (Lipinski definition) is 1. The summed E-state index contributed by atoms with van der Waals surface area (Å²) in [6, 6.07) is 26.7. The van der Waals surface area contributed by atoms with Crippen LogP contribution in [0.1, 0.15) is 22.3 Å². The Labute approximate surface area is 187 Å². The molecule has 0 radical (unpaired) electrons. The monoisotopic (exact) mass is 435 g/mol. The molecule has 0 aliphatic carbocycles. The molecule has 4 heteroatoms. The molecule has 0 saturated carbocycles. The Morgan fingerprint density at radius 2 is 1.53 bits per heavy atom. The van der Waals surface area contributed by atoms with E-state index in [2.05, 4.69) is 66.8 Å². The first kappa shape index (κ1) is 20.7. The third-order valence-corrected chi connectivity index (χ3v) is 5.87.